The van der Waals surface area contributed by atoms with Crippen molar-refractivity contribution in [2.75, 3.05) is 39.3 Å². The minimum atomic E-state index is -0.0793. The second-order valence-corrected chi connectivity index (χ2v) is 7.01. The summed E-state index contributed by atoms with van der Waals surface area (Å²) in [6.45, 7) is 7.44. The molecule has 0 atom stereocenters. The fraction of sp³-hybridized carbons (Fsp3) is 0.435. The SMILES string of the molecule is CCOC(=O)CCCN1CCN(C(c2ccccc2)c2ccccc2)CC1. The lowest BCUT2D eigenvalue weighted by Crippen LogP contribution is -2.48. The minimum Gasteiger partial charge on any atom is -0.466 e. The molecular weight excluding hydrogens is 336 g/mol. The first-order chi connectivity index (χ1) is 13.3. The van der Waals surface area contributed by atoms with Gasteiger partial charge in [0.1, 0.15) is 0 Å². The van der Waals surface area contributed by atoms with E-state index in [4.69, 9.17) is 4.74 Å². The second-order valence-electron chi connectivity index (χ2n) is 7.01. The highest BCUT2D eigenvalue weighted by Gasteiger charge is 2.26. The standard InChI is InChI=1S/C23H30N2O2/c1-2-27-22(26)14-9-15-24-16-18-25(19-17-24)23(20-10-5-3-6-11-20)21-12-7-4-8-13-21/h3-8,10-13,23H,2,9,14-19H2,1H3. The number of esters is 1. The van der Waals surface area contributed by atoms with E-state index in [9.17, 15) is 4.79 Å². The largest absolute Gasteiger partial charge is 0.466 e. The van der Waals surface area contributed by atoms with Gasteiger partial charge >= 0.3 is 5.97 Å². The third-order valence-electron chi connectivity index (χ3n) is 5.16. The Morgan fingerprint density at radius 3 is 2.00 bits per heavy atom. The smallest absolute Gasteiger partial charge is 0.305 e. The van der Waals surface area contributed by atoms with Crippen molar-refractivity contribution < 1.29 is 9.53 Å². The average molecular weight is 367 g/mol. The van der Waals surface area contributed by atoms with Crippen LogP contribution in [-0.4, -0.2) is 55.1 Å². The lowest BCUT2D eigenvalue weighted by Gasteiger charge is -2.39. The quantitative estimate of drug-likeness (QED) is 0.667. The van der Waals surface area contributed by atoms with Crippen molar-refractivity contribution in [1.29, 1.82) is 0 Å². The summed E-state index contributed by atoms with van der Waals surface area (Å²) in [4.78, 5) is 16.5. The molecule has 144 valence electrons. The van der Waals surface area contributed by atoms with Crippen molar-refractivity contribution in [3.8, 4) is 0 Å². The van der Waals surface area contributed by atoms with Crippen LogP contribution in [0.25, 0.3) is 0 Å². The molecule has 0 bridgehead atoms. The third-order valence-corrected chi connectivity index (χ3v) is 5.16. The van der Waals surface area contributed by atoms with Gasteiger partial charge in [0.2, 0.25) is 0 Å². The molecule has 2 aromatic rings. The highest BCUT2D eigenvalue weighted by Crippen LogP contribution is 2.29. The molecule has 0 aliphatic carbocycles. The molecule has 1 aliphatic heterocycles. The fourth-order valence-electron chi connectivity index (χ4n) is 3.81. The summed E-state index contributed by atoms with van der Waals surface area (Å²) in [5, 5.41) is 0. The van der Waals surface area contributed by atoms with Gasteiger partial charge in [-0.1, -0.05) is 60.7 Å². The maximum Gasteiger partial charge on any atom is 0.305 e. The topological polar surface area (TPSA) is 32.8 Å². The minimum absolute atomic E-state index is 0.0793. The number of benzene rings is 2. The molecule has 1 aliphatic rings. The van der Waals surface area contributed by atoms with Gasteiger partial charge in [0.15, 0.2) is 0 Å². The first-order valence-corrected chi connectivity index (χ1v) is 10.00. The van der Waals surface area contributed by atoms with Crippen LogP contribution >= 0.6 is 0 Å². The molecular formula is C23H30N2O2. The van der Waals surface area contributed by atoms with Gasteiger partial charge in [-0.3, -0.25) is 9.69 Å². The maximum absolute atomic E-state index is 11.5. The van der Waals surface area contributed by atoms with Crippen LogP contribution in [0.1, 0.15) is 36.9 Å². The lowest BCUT2D eigenvalue weighted by molar-refractivity contribution is -0.143. The van der Waals surface area contributed by atoms with Gasteiger partial charge < -0.3 is 9.64 Å². The van der Waals surface area contributed by atoms with E-state index in [0.717, 1.165) is 39.1 Å². The molecule has 0 unspecified atom stereocenters. The van der Waals surface area contributed by atoms with E-state index in [1.54, 1.807) is 0 Å². The maximum atomic E-state index is 11.5. The number of nitrogens with zero attached hydrogens (tertiary/aromatic N) is 2. The van der Waals surface area contributed by atoms with E-state index in [1.807, 2.05) is 6.92 Å². The zero-order valence-corrected chi connectivity index (χ0v) is 16.2. The van der Waals surface area contributed by atoms with Crippen LogP contribution in [-0.2, 0) is 9.53 Å². The Hall–Kier alpha value is -2.17. The Balaban J connectivity index is 1.58. The molecule has 1 saturated heterocycles. The fourth-order valence-corrected chi connectivity index (χ4v) is 3.81. The summed E-state index contributed by atoms with van der Waals surface area (Å²) in [7, 11) is 0. The van der Waals surface area contributed by atoms with E-state index in [-0.39, 0.29) is 5.97 Å². The summed E-state index contributed by atoms with van der Waals surface area (Å²) in [5.41, 5.74) is 2.69. The highest BCUT2D eigenvalue weighted by molar-refractivity contribution is 5.69. The predicted octanol–water partition coefficient (Wildman–Crippen LogP) is 3.74. The van der Waals surface area contributed by atoms with Crippen LogP contribution in [0.3, 0.4) is 0 Å². The van der Waals surface area contributed by atoms with Crippen LogP contribution < -0.4 is 0 Å². The zero-order valence-electron chi connectivity index (χ0n) is 16.2. The zero-order chi connectivity index (χ0) is 18.9. The number of piperazine rings is 1. The molecule has 0 N–H and O–H groups in total. The molecule has 0 amide bonds. The van der Waals surface area contributed by atoms with E-state index in [1.165, 1.54) is 11.1 Å². The first-order valence-electron chi connectivity index (χ1n) is 10.00. The number of hydrogen-bond acceptors (Lipinski definition) is 4. The monoisotopic (exact) mass is 366 g/mol. The summed E-state index contributed by atoms with van der Waals surface area (Å²) < 4.78 is 5.01. The first kappa shape index (κ1) is 19.6. The van der Waals surface area contributed by atoms with Gasteiger partial charge in [-0.2, -0.15) is 0 Å². The molecule has 1 heterocycles. The number of rotatable bonds is 8. The van der Waals surface area contributed by atoms with Crippen LogP contribution in [0.4, 0.5) is 0 Å². The number of ether oxygens (including phenoxy) is 1. The normalized spacial score (nSPS) is 15.8. The van der Waals surface area contributed by atoms with Crippen LogP contribution in [0.5, 0.6) is 0 Å². The predicted molar refractivity (Wildman–Crippen MR) is 109 cm³/mol. The second kappa shape index (κ2) is 10.2. The van der Waals surface area contributed by atoms with E-state index < -0.39 is 0 Å². The van der Waals surface area contributed by atoms with Crippen molar-refractivity contribution in [3.63, 3.8) is 0 Å². The van der Waals surface area contributed by atoms with Crippen molar-refractivity contribution >= 4 is 5.97 Å². The Morgan fingerprint density at radius 1 is 0.926 bits per heavy atom. The van der Waals surface area contributed by atoms with Crippen molar-refractivity contribution in [1.82, 2.24) is 9.80 Å². The van der Waals surface area contributed by atoms with E-state index in [0.29, 0.717) is 19.1 Å². The summed E-state index contributed by atoms with van der Waals surface area (Å²) in [6.07, 6.45) is 1.39. The summed E-state index contributed by atoms with van der Waals surface area (Å²) >= 11 is 0. The van der Waals surface area contributed by atoms with Gasteiger partial charge in [0, 0.05) is 32.6 Å². The summed E-state index contributed by atoms with van der Waals surface area (Å²) in [6, 6.07) is 21.8. The van der Waals surface area contributed by atoms with Gasteiger partial charge in [-0.05, 0) is 31.0 Å². The lowest BCUT2D eigenvalue weighted by atomic mass is 9.96. The molecule has 3 rings (SSSR count). The third kappa shape index (κ3) is 5.65. The molecule has 0 saturated carbocycles. The van der Waals surface area contributed by atoms with Gasteiger partial charge in [0.25, 0.3) is 0 Å². The molecule has 2 aromatic carbocycles. The van der Waals surface area contributed by atoms with Crippen molar-refractivity contribution in [3.05, 3.63) is 71.8 Å². The Kier molecular flexibility index (Phi) is 7.43. The summed E-state index contributed by atoms with van der Waals surface area (Å²) in [5.74, 6) is -0.0793. The average Bonchev–Trinajstić information content (AvgIpc) is 2.71. The van der Waals surface area contributed by atoms with Gasteiger partial charge in [0.05, 0.1) is 12.6 Å². The highest BCUT2D eigenvalue weighted by atomic mass is 16.5. The molecule has 0 spiro atoms. The molecule has 1 fully saturated rings. The molecule has 0 aromatic heterocycles. The number of carbonyl (C=O) groups is 1. The molecule has 27 heavy (non-hydrogen) atoms. The number of hydrogen-bond donors (Lipinski definition) is 0. The Bertz CT molecular complexity index is 643. The van der Waals surface area contributed by atoms with E-state index >= 15 is 0 Å². The molecule has 4 nitrogen and oxygen atoms in total. The van der Waals surface area contributed by atoms with Gasteiger partial charge in [-0.15, -0.1) is 0 Å². The van der Waals surface area contributed by atoms with Crippen LogP contribution in [0.15, 0.2) is 60.7 Å². The van der Waals surface area contributed by atoms with Crippen molar-refractivity contribution in [2.24, 2.45) is 0 Å². The Labute approximate surface area is 162 Å². The number of carbonyl (C=O) groups excluding carboxylic acids is 1. The van der Waals surface area contributed by atoms with Gasteiger partial charge in [-0.25, -0.2) is 0 Å². The molecule has 4 heteroatoms. The van der Waals surface area contributed by atoms with E-state index in [2.05, 4.69) is 70.5 Å². The van der Waals surface area contributed by atoms with Crippen LogP contribution in [0, 0.1) is 0 Å². The van der Waals surface area contributed by atoms with Crippen LogP contribution in [0.2, 0.25) is 0 Å². The Morgan fingerprint density at radius 2 is 1.48 bits per heavy atom. The molecule has 0 radical (unpaired) electrons. The van der Waals surface area contributed by atoms with Crippen molar-refractivity contribution in [2.45, 2.75) is 25.8 Å².